The van der Waals surface area contributed by atoms with Gasteiger partial charge in [0.2, 0.25) is 39.4 Å². The fraction of sp³-hybridized carbons (Fsp3) is 0.340. The van der Waals surface area contributed by atoms with Gasteiger partial charge in [-0.15, -0.1) is 11.3 Å². The number of carbonyl (C=O) groups is 5. The first-order valence-corrected chi connectivity index (χ1v) is 25.2. The number of hydrogen-bond acceptors (Lipinski definition) is 12. The molecule has 0 saturated carbocycles. The van der Waals surface area contributed by atoms with Crippen LogP contribution < -0.4 is 20.7 Å². The van der Waals surface area contributed by atoms with Crippen molar-refractivity contribution in [2.75, 3.05) is 30.2 Å². The monoisotopic (exact) mass is 1010 g/mol. The van der Waals surface area contributed by atoms with E-state index in [-0.39, 0.29) is 54.8 Å². The smallest absolute Gasteiger partial charge is 0.246 e. The van der Waals surface area contributed by atoms with E-state index in [1.807, 2.05) is 31.2 Å². The van der Waals surface area contributed by atoms with Gasteiger partial charge in [0, 0.05) is 55.0 Å². The number of halogens is 2. The minimum absolute atomic E-state index is 0.0308. The molecule has 0 spiro atoms. The molecular formula is C50H54F2N8O9S2. The number of nitrogens with one attached hydrogen (secondary N) is 5. The fourth-order valence-electron chi connectivity index (χ4n) is 8.10. The molecule has 21 heteroatoms. The molecule has 374 valence electrons. The summed E-state index contributed by atoms with van der Waals surface area (Å²) in [7, 11) is -3.93. The molecule has 3 atom stereocenters. The van der Waals surface area contributed by atoms with Gasteiger partial charge in [0.15, 0.2) is 5.82 Å². The zero-order valence-corrected chi connectivity index (χ0v) is 41.2. The van der Waals surface area contributed by atoms with Crippen LogP contribution in [0.3, 0.4) is 0 Å². The molecular weight excluding hydrogens is 959 g/mol. The molecule has 17 nitrogen and oxygen atoms in total. The van der Waals surface area contributed by atoms with Crippen LogP contribution in [0.4, 0.5) is 14.5 Å². The number of likely N-dealkylation sites (tertiary alicyclic amines) is 1. The third-order valence-electron chi connectivity index (χ3n) is 11.8. The number of sulfonamides is 1. The van der Waals surface area contributed by atoms with Crippen molar-refractivity contribution in [1.82, 2.24) is 35.8 Å². The summed E-state index contributed by atoms with van der Waals surface area (Å²) < 4.78 is 62.5. The fourth-order valence-corrected chi connectivity index (χ4v) is 10.0. The number of rotatable bonds is 19. The van der Waals surface area contributed by atoms with Crippen LogP contribution in [0.5, 0.6) is 0 Å². The summed E-state index contributed by atoms with van der Waals surface area (Å²) in [5.41, 5.74) is 4.41. The van der Waals surface area contributed by atoms with Gasteiger partial charge in [-0.25, -0.2) is 27.2 Å². The number of fused-ring (bicyclic) bond motifs is 1. The standard InChI is InChI=1S/C50H54F2N8O9S2/c1-6-17-71(67,68)59-38-16-15-37(51)42(43(38)52)44(64)36-23-55-47-35(36)18-33(22-54-47)31-11-7-29(8-12-31)20-53-40(62)25-69-26-41(63)58-46(50(3,4)5)49(66)60-24-34(61)19-39(60)48(65)56-21-30-9-13-32(14-10-30)45-28(2)57-27-70-45/h7-16,18,22-23,27,34,39,46,59,61H,6,17,19-21,24-26H2,1-5H3,(H,53,62)(H,54,55)(H,56,65)(H,58,63)/t34-,39+,46-/m1/s1. The van der Waals surface area contributed by atoms with Crippen LogP contribution >= 0.6 is 11.3 Å². The lowest BCUT2D eigenvalue weighted by atomic mass is 9.85. The Hall–Kier alpha value is -6.94. The van der Waals surface area contributed by atoms with Gasteiger partial charge < -0.3 is 35.7 Å². The number of aliphatic hydroxyl groups excluding tert-OH is 1. The number of H-pyrrole nitrogens is 1. The first-order valence-electron chi connectivity index (χ1n) is 22.7. The molecule has 4 amide bonds. The molecule has 6 aromatic rings. The van der Waals surface area contributed by atoms with E-state index in [1.54, 1.807) is 81.1 Å². The number of aryl methyl sites for hydroxylation is 1. The normalized spacial score (nSPS) is 15.4. The van der Waals surface area contributed by atoms with Gasteiger partial charge in [0.05, 0.1) is 39.2 Å². The van der Waals surface area contributed by atoms with Gasteiger partial charge in [0.1, 0.15) is 36.8 Å². The zero-order valence-electron chi connectivity index (χ0n) is 39.6. The summed E-state index contributed by atoms with van der Waals surface area (Å²) in [6.45, 7) is 8.04. The van der Waals surface area contributed by atoms with Crippen LogP contribution in [0.15, 0.2) is 84.6 Å². The summed E-state index contributed by atoms with van der Waals surface area (Å²) in [5.74, 6) is -5.99. The largest absolute Gasteiger partial charge is 0.391 e. The lowest BCUT2D eigenvalue weighted by molar-refractivity contribution is -0.145. The van der Waals surface area contributed by atoms with Crippen molar-refractivity contribution < 1.29 is 51.0 Å². The first-order chi connectivity index (χ1) is 33.7. The van der Waals surface area contributed by atoms with E-state index in [1.165, 1.54) is 11.1 Å². The predicted molar refractivity (Wildman–Crippen MR) is 263 cm³/mol. The van der Waals surface area contributed by atoms with Gasteiger partial charge in [-0.2, -0.15) is 0 Å². The number of ketones is 1. The SMILES string of the molecule is CCCS(=O)(=O)Nc1ccc(F)c(C(=O)c2c[nH]c3ncc(-c4ccc(CNC(=O)COCC(=O)N[C@H](C(=O)N5C[C@H](O)C[C@H]5C(=O)NCc5ccc(-c6scnc6C)cc5)C(C)(C)C)cc4)cc23)c1F. The number of benzene rings is 3. The number of β-amino-alcohol motifs (C(OH)–C–C–N with tert-alkyl or cyclic N) is 1. The Balaban J connectivity index is 0.894. The average molecular weight is 1010 g/mol. The van der Waals surface area contributed by atoms with Crippen molar-refractivity contribution >= 4 is 67.5 Å². The van der Waals surface area contributed by atoms with Crippen molar-refractivity contribution in [3.8, 4) is 21.6 Å². The number of pyridine rings is 1. The summed E-state index contributed by atoms with van der Waals surface area (Å²) in [4.78, 5) is 80.7. The molecule has 71 heavy (non-hydrogen) atoms. The minimum Gasteiger partial charge on any atom is -0.391 e. The van der Waals surface area contributed by atoms with Crippen molar-refractivity contribution in [3.05, 3.63) is 124 Å². The van der Waals surface area contributed by atoms with E-state index in [0.29, 0.717) is 16.7 Å². The van der Waals surface area contributed by atoms with E-state index >= 15 is 4.39 Å². The molecule has 1 aliphatic rings. The number of aliphatic hydroxyl groups is 1. The lowest BCUT2D eigenvalue weighted by Crippen LogP contribution is -2.58. The second-order valence-electron chi connectivity index (χ2n) is 18.3. The highest BCUT2D eigenvalue weighted by atomic mass is 32.2. The number of carbonyl (C=O) groups excluding carboxylic acids is 5. The van der Waals surface area contributed by atoms with Crippen molar-refractivity contribution in [1.29, 1.82) is 0 Å². The Labute approximate surface area is 412 Å². The number of ether oxygens (including phenoxy) is 1. The number of thiazole rings is 1. The molecule has 0 unspecified atom stereocenters. The molecule has 0 aliphatic carbocycles. The van der Waals surface area contributed by atoms with Crippen molar-refractivity contribution in [2.45, 2.75) is 78.7 Å². The number of hydrogen-bond donors (Lipinski definition) is 6. The number of aromatic amines is 1. The summed E-state index contributed by atoms with van der Waals surface area (Å²) in [5, 5.41) is 19.1. The van der Waals surface area contributed by atoms with Gasteiger partial charge in [-0.1, -0.05) is 76.2 Å². The van der Waals surface area contributed by atoms with Crippen LogP contribution in [0.25, 0.3) is 32.6 Å². The van der Waals surface area contributed by atoms with E-state index in [4.69, 9.17) is 4.74 Å². The molecule has 3 aromatic carbocycles. The maximum Gasteiger partial charge on any atom is 0.246 e. The molecule has 3 aromatic heterocycles. The predicted octanol–water partition coefficient (Wildman–Crippen LogP) is 5.76. The third-order valence-corrected chi connectivity index (χ3v) is 14.2. The van der Waals surface area contributed by atoms with E-state index in [0.717, 1.165) is 33.8 Å². The Kier molecular flexibility index (Phi) is 16.1. The van der Waals surface area contributed by atoms with Crippen LogP contribution in [0.1, 0.15) is 73.3 Å². The molecule has 1 fully saturated rings. The minimum atomic E-state index is -3.93. The highest BCUT2D eigenvalue weighted by Crippen LogP contribution is 2.31. The maximum atomic E-state index is 15.5. The topological polar surface area (TPSA) is 242 Å². The van der Waals surface area contributed by atoms with Gasteiger partial charge in [0.25, 0.3) is 0 Å². The summed E-state index contributed by atoms with van der Waals surface area (Å²) in [6, 6.07) is 16.0. The third kappa shape index (κ3) is 12.5. The molecule has 0 bridgehead atoms. The Morgan fingerprint density at radius 1 is 0.915 bits per heavy atom. The second-order valence-corrected chi connectivity index (χ2v) is 21.0. The first kappa shape index (κ1) is 51.9. The second kappa shape index (κ2) is 22.0. The number of anilines is 1. The summed E-state index contributed by atoms with van der Waals surface area (Å²) >= 11 is 1.54. The molecule has 4 heterocycles. The number of amides is 4. The molecule has 6 N–H and O–H groups in total. The highest BCUT2D eigenvalue weighted by molar-refractivity contribution is 7.92. The van der Waals surface area contributed by atoms with Gasteiger partial charge in [-0.05, 0) is 59.2 Å². The van der Waals surface area contributed by atoms with Gasteiger partial charge in [-0.3, -0.25) is 28.7 Å². The Bertz CT molecular complexity index is 3070. The number of nitrogens with zero attached hydrogens (tertiary/aromatic N) is 3. The number of aromatic nitrogens is 3. The van der Waals surface area contributed by atoms with E-state index in [2.05, 4.69) is 35.6 Å². The molecule has 0 radical (unpaired) electrons. The molecule has 1 aliphatic heterocycles. The zero-order chi connectivity index (χ0) is 51.2. The summed E-state index contributed by atoms with van der Waals surface area (Å²) in [6.07, 6.45) is 2.16. The van der Waals surface area contributed by atoms with E-state index in [9.17, 15) is 41.9 Å². The maximum absolute atomic E-state index is 15.5. The average Bonchev–Trinajstić information content (AvgIpc) is 4.08. The quantitative estimate of drug-likeness (QED) is 0.0533. The van der Waals surface area contributed by atoms with Crippen LogP contribution in [0, 0.1) is 24.0 Å². The lowest BCUT2D eigenvalue weighted by Gasteiger charge is -2.35. The van der Waals surface area contributed by atoms with Crippen molar-refractivity contribution in [2.24, 2.45) is 5.41 Å². The van der Waals surface area contributed by atoms with E-state index < -0.39 is 99.1 Å². The Morgan fingerprint density at radius 2 is 1.58 bits per heavy atom. The molecule has 7 rings (SSSR count). The van der Waals surface area contributed by atoms with Crippen molar-refractivity contribution in [3.63, 3.8) is 0 Å². The van der Waals surface area contributed by atoms with Crippen LogP contribution in [0.2, 0.25) is 0 Å². The molecule has 1 saturated heterocycles. The van der Waals surface area contributed by atoms with Gasteiger partial charge >= 0.3 is 0 Å². The highest BCUT2D eigenvalue weighted by Gasteiger charge is 2.44. The van der Waals surface area contributed by atoms with Crippen LogP contribution in [-0.4, -0.2) is 106 Å². The van der Waals surface area contributed by atoms with Crippen LogP contribution in [-0.2, 0) is 47.0 Å². The Morgan fingerprint density at radius 3 is 2.23 bits per heavy atom.